The minimum Gasteiger partial charge on any atom is -0.310 e. The fourth-order valence-corrected chi connectivity index (χ4v) is 8.91. The third kappa shape index (κ3) is 6.18. The number of hydrogen-bond acceptors (Lipinski definition) is 2. The summed E-state index contributed by atoms with van der Waals surface area (Å²) in [7, 11) is 0. The first-order valence-corrected chi connectivity index (χ1v) is 20.1. The van der Waals surface area contributed by atoms with Crippen molar-refractivity contribution in [2.75, 3.05) is 9.80 Å². The molecular weight excluding hydrogens is 653 g/mol. The molecular formula is C52H52N2. The summed E-state index contributed by atoms with van der Waals surface area (Å²) >= 11 is 0. The standard InChI is InChI=1S/C52H52N2/c1-7-37(8-2)43-29-31-45-50(54(40-19-15-12-16-20-40)42-27-23-36(6)24-28-42)34-48-47(38(9-3)10-4)33-49(46-32-30-44(43)51(45)52(46)48)53(39-17-13-11-14-18-39)41-25-21-35(5)22-26-41/h11-34,37-38H,7-10H2,1-6H3. The lowest BCUT2D eigenvalue weighted by atomic mass is 9.81. The van der Waals surface area contributed by atoms with Crippen LogP contribution in [0.5, 0.6) is 0 Å². The molecule has 0 unspecified atom stereocenters. The molecule has 0 bridgehead atoms. The van der Waals surface area contributed by atoms with Crippen molar-refractivity contribution in [1.82, 2.24) is 0 Å². The van der Waals surface area contributed by atoms with Crippen LogP contribution < -0.4 is 9.80 Å². The smallest absolute Gasteiger partial charge is 0.0546 e. The largest absolute Gasteiger partial charge is 0.310 e. The van der Waals surface area contributed by atoms with E-state index in [0.29, 0.717) is 11.8 Å². The first-order chi connectivity index (χ1) is 26.4. The van der Waals surface area contributed by atoms with Gasteiger partial charge in [-0.1, -0.05) is 124 Å². The molecule has 0 aliphatic rings. The highest BCUT2D eigenvalue weighted by molar-refractivity contribution is 6.30. The molecule has 0 aromatic heterocycles. The quantitative estimate of drug-likeness (QED) is 0.117. The highest BCUT2D eigenvalue weighted by Crippen LogP contribution is 2.52. The fraction of sp³-hybridized carbons (Fsp3) is 0.231. The van der Waals surface area contributed by atoms with Crippen LogP contribution >= 0.6 is 0 Å². The summed E-state index contributed by atoms with van der Waals surface area (Å²) < 4.78 is 0. The van der Waals surface area contributed by atoms with Crippen LogP contribution in [0.25, 0.3) is 32.3 Å². The van der Waals surface area contributed by atoms with Crippen LogP contribution in [-0.2, 0) is 0 Å². The third-order valence-electron chi connectivity index (χ3n) is 11.9. The zero-order chi connectivity index (χ0) is 37.3. The van der Waals surface area contributed by atoms with Gasteiger partial charge < -0.3 is 9.80 Å². The summed E-state index contributed by atoms with van der Waals surface area (Å²) in [4.78, 5) is 4.97. The van der Waals surface area contributed by atoms with Crippen LogP contribution in [-0.4, -0.2) is 0 Å². The van der Waals surface area contributed by atoms with Crippen molar-refractivity contribution in [3.8, 4) is 0 Å². The molecule has 0 saturated heterocycles. The molecule has 54 heavy (non-hydrogen) atoms. The van der Waals surface area contributed by atoms with E-state index in [1.807, 2.05) is 0 Å². The molecule has 0 spiro atoms. The maximum absolute atomic E-state index is 2.54. The van der Waals surface area contributed by atoms with Crippen molar-refractivity contribution in [3.05, 3.63) is 168 Å². The van der Waals surface area contributed by atoms with Crippen LogP contribution in [0.3, 0.4) is 0 Å². The van der Waals surface area contributed by atoms with Gasteiger partial charge in [-0.2, -0.15) is 0 Å². The summed E-state index contributed by atoms with van der Waals surface area (Å²) in [6.07, 6.45) is 4.38. The van der Waals surface area contributed by atoms with Crippen molar-refractivity contribution in [2.24, 2.45) is 0 Å². The van der Waals surface area contributed by atoms with Crippen molar-refractivity contribution in [1.29, 1.82) is 0 Å². The number of benzene rings is 8. The number of hydrogen-bond donors (Lipinski definition) is 0. The number of aryl methyl sites for hydroxylation is 2. The zero-order valence-electron chi connectivity index (χ0n) is 32.7. The zero-order valence-corrected chi connectivity index (χ0v) is 32.7. The molecule has 0 saturated carbocycles. The first kappa shape index (κ1) is 35.4. The van der Waals surface area contributed by atoms with Gasteiger partial charge in [0.2, 0.25) is 0 Å². The van der Waals surface area contributed by atoms with Gasteiger partial charge in [-0.05, 0) is 145 Å². The van der Waals surface area contributed by atoms with Crippen molar-refractivity contribution in [3.63, 3.8) is 0 Å². The summed E-state index contributed by atoms with van der Waals surface area (Å²) in [5, 5.41) is 8.08. The van der Waals surface area contributed by atoms with Gasteiger partial charge in [0.05, 0.1) is 11.4 Å². The van der Waals surface area contributed by atoms with E-state index < -0.39 is 0 Å². The average Bonchev–Trinajstić information content (AvgIpc) is 3.21. The first-order valence-electron chi connectivity index (χ1n) is 20.1. The lowest BCUT2D eigenvalue weighted by Gasteiger charge is -2.32. The van der Waals surface area contributed by atoms with E-state index in [4.69, 9.17) is 0 Å². The van der Waals surface area contributed by atoms with Gasteiger partial charge in [0.1, 0.15) is 0 Å². The molecule has 0 N–H and O–H groups in total. The van der Waals surface area contributed by atoms with Gasteiger partial charge in [-0.25, -0.2) is 0 Å². The predicted molar refractivity (Wildman–Crippen MR) is 236 cm³/mol. The van der Waals surface area contributed by atoms with Crippen molar-refractivity contribution < 1.29 is 0 Å². The Labute approximate surface area is 322 Å². The Morgan fingerprint density at radius 1 is 0.370 bits per heavy atom. The maximum Gasteiger partial charge on any atom is 0.0546 e. The molecule has 0 atom stereocenters. The van der Waals surface area contributed by atoms with E-state index in [1.165, 1.54) is 83.0 Å². The van der Waals surface area contributed by atoms with Crippen molar-refractivity contribution in [2.45, 2.75) is 79.1 Å². The van der Waals surface area contributed by atoms with E-state index in [0.717, 1.165) is 31.4 Å². The maximum atomic E-state index is 2.54. The van der Waals surface area contributed by atoms with E-state index in [1.54, 1.807) is 0 Å². The third-order valence-corrected chi connectivity index (χ3v) is 11.9. The van der Waals surface area contributed by atoms with Gasteiger partial charge in [-0.3, -0.25) is 0 Å². The molecule has 8 aromatic rings. The molecule has 8 aromatic carbocycles. The predicted octanol–water partition coefficient (Wildman–Crippen LogP) is 15.9. The lowest BCUT2D eigenvalue weighted by molar-refractivity contribution is 0.646. The van der Waals surface area contributed by atoms with E-state index in [9.17, 15) is 0 Å². The van der Waals surface area contributed by atoms with Gasteiger partial charge in [0, 0.05) is 33.5 Å². The molecule has 0 aliphatic carbocycles. The Balaban J connectivity index is 1.56. The molecule has 8 rings (SSSR count). The normalized spacial score (nSPS) is 11.8. The lowest BCUT2D eigenvalue weighted by Crippen LogP contribution is -2.13. The van der Waals surface area contributed by atoms with Crippen LogP contribution in [0.2, 0.25) is 0 Å². The number of rotatable bonds is 12. The Morgan fingerprint density at radius 3 is 1.24 bits per heavy atom. The molecule has 2 nitrogen and oxygen atoms in total. The Hall–Kier alpha value is -5.60. The Morgan fingerprint density at radius 2 is 0.759 bits per heavy atom. The summed E-state index contributed by atoms with van der Waals surface area (Å²) in [6.45, 7) is 13.7. The molecule has 0 aliphatic heterocycles. The van der Waals surface area contributed by atoms with E-state index in [2.05, 4.69) is 197 Å². The Bertz CT molecular complexity index is 2490. The minimum atomic E-state index is 0.403. The molecule has 270 valence electrons. The van der Waals surface area contributed by atoms with Crippen molar-refractivity contribution >= 4 is 66.4 Å². The second-order valence-corrected chi connectivity index (χ2v) is 15.1. The van der Waals surface area contributed by atoms with Gasteiger partial charge in [-0.15, -0.1) is 0 Å². The van der Waals surface area contributed by atoms with E-state index in [-0.39, 0.29) is 0 Å². The molecule has 0 radical (unpaired) electrons. The van der Waals surface area contributed by atoms with Crippen LogP contribution in [0.4, 0.5) is 34.1 Å². The molecule has 0 heterocycles. The van der Waals surface area contributed by atoms with Gasteiger partial charge in [0.15, 0.2) is 0 Å². The number of nitrogens with zero attached hydrogens (tertiary/aromatic N) is 2. The highest BCUT2D eigenvalue weighted by atomic mass is 15.2. The monoisotopic (exact) mass is 704 g/mol. The fourth-order valence-electron chi connectivity index (χ4n) is 8.91. The van der Waals surface area contributed by atoms with Gasteiger partial charge in [0.25, 0.3) is 0 Å². The highest BCUT2D eigenvalue weighted by Gasteiger charge is 2.27. The summed E-state index contributed by atoms with van der Waals surface area (Å²) in [5.41, 5.74) is 12.5. The number of anilines is 6. The minimum absolute atomic E-state index is 0.403. The van der Waals surface area contributed by atoms with Gasteiger partial charge >= 0.3 is 0 Å². The van der Waals surface area contributed by atoms with E-state index >= 15 is 0 Å². The Kier molecular flexibility index (Phi) is 9.86. The van der Waals surface area contributed by atoms with Crippen LogP contribution in [0.1, 0.15) is 87.5 Å². The molecule has 2 heteroatoms. The van der Waals surface area contributed by atoms with Crippen LogP contribution in [0, 0.1) is 13.8 Å². The second kappa shape index (κ2) is 15.0. The molecule has 0 amide bonds. The van der Waals surface area contributed by atoms with Crippen LogP contribution in [0.15, 0.2) is 146 Å². The SMILES string of the molecule is CCC(CC)c1ccc2c(N(c3ccccc3)c3ccc(C)cc3)cc3c(C(CC)CC)cc(N(c4ccccc4)c4ccc(C)cc4)c4ccc1c2c34. The summed E-state index contributed by atoms with van der Waals surface area (Å²) in [6, 6.07) is 54.7. The average molecular weight is 705 g/mol. The summed E-state index contributed by atoms with van der Waals surface area (Å²) in [5.74, 6) is 0.895. The second-order valence-electron chi connectivity index (χ2n) is 15.1. The molecule has 0 fully saturated rings. The topological polar surface area (TPSA) is 6.48 Å². The number of para-hydroxylation sites is 2.